The molecule has 0 amide bonds. The van der Waals surface area contributed by atoms with Crippen LogP contribution in [0.4, 0.5) is 0 Å². The van der Waals surface area contributed by atoms with Crippen molar-refractivity contribution in [2.24, 2.45) is 0 Å². The van der Waals surface area contributed by atoms with Crippen molar-refractivity contribution < 1.29 is 34.7 Å². The van der Waals surface area contributed by atoms with Crippen LogP contribution in [-0.2, 0) is 25.8 Å². The fourth-order valence-electron chi connectivity index (χ4n) is 0.864. The molecule has 0 aromatic carbocycles. The van der Waals surface area contributed by atoms with E-state index in [1.165, 1.54) is 0 Å². The first-order chi connectivity index (χ1) is 6.63. The zero-order valence-corrected chi connectivity index (χ0v) is 12.4. The van der Waals surface area contributed by atoms with Crippen LogP contribution in [-0.4, -0.2) is 42.9 Å². The summed E-state index contributed by atoms with van der Waals surface area (Å²) in [7, 11) is 1.83. The monoisotopic (exact) mass is 254 g/mol. The van der Waals surface area contributed by atoms with Crippen LogP contribution in [0.25, 0.3) is 0 Å². The van der Waals surface area contributed by atoms with Gasteiger partial charge in [-0.1, -0.05) is 9.53 Å². The molecule has 0 fully saturated rings. The molecule has 0 aliphatic heterocycles. The van der Waals surface area contributed by atoms with Crippen LogP contribution in [0.15, 0.2) is 6.20 Å². The fourth-order valence-corrected chi connectivity index (χ4v) is 1.05. The second-order valence-corrected chi connectivity index (χ2v) is 3.85. The predicted octanol–water partition coefficient (Wildman–Crippen LogP) is -3.46. The van der Waals surface area contributed by atoms with E-state index in [0.717, 1.165) is 0 Å². The average molecular weight is 254 g/mol. The summed E-state index contributed by atoms with van der Waals surface area (Å²) in [6.07, 6.45) is 1.69. The Balaban J connectivity index is 0.00000196. The molecule has 1 heterocycles. The SMILES string of the molecule is CN(CCn1cc(CO)nn1)C(=S)[S-].[Na+]. The molecule has 1 rings (SSSR count). The first-order valence-electron chi connectivity index (χ1n) is 4.05. The zero-order chi connectivity index (χ0) is 10.6. The van der Waals surface area contributed by atoms with Gasteiger partial charge < -0.3 is 34.9 Å². The number of aliphatic hydroxyl groups is 1. The van der Waals surface area contributed by atoms with Crippen LogP contribution < -0.4 is 29.6 Å². The Morgan fingerprint density at radius 2 is 2.40 bits per heavy atom. The number of hydrogen-bond donors (Lipinski definition) is 1. The Morgan fingerprint density at radius 3 is 2.87 bits per heavy atom. The van der Waals surface area contributed by atoms with Crippen molar-refractivity contribution in [2.45, 2.75) is 13.2 Å². The van der Waals surface area contributed by atoms with Crippen LogP contribution in [0.2, 0.25) is 0 Å². The van der Waals surface area contributed by atoms with E-state index in [0.29, 0.717) is 23.1 Å². The summed E-state index contributed by atoms with van der Waals surface area (Å²) >= 11 is 9.63. The molecule has 5 nitrogen and oxygen atoms in total. The molecule has 0 saturated carbocycles. The maximum atomic E-state index is 8.75. The number of thiocarbonyl (C=S) groups is 1. The van der Waals surface area contributed by atoms with Crippen molar-refractivity contribution in [3.8, 4) is 0 Å². The van der Waals surface area contributed by atoms with E-state index in [9.17, 15) is 0 Å². The van der Waals surface area contributed by atoms with Crippen LogP contribution in [0.3, 0.4) is 0 Å². The standard InChI is InChI=1S/C7H12N4OS2.Na/c1-10(7(13)14)2-3-11-4-6(5-12)8-9-11;/h4,12H,2-3,5H2,1H3,(H,13,14);/q;+1/p-1. The first-order valence-corrected chi connectivity index (χ1v) is 4.87. The number of aromatic nitrogens is 3. The van der Waals surface area contributed by atoms with Crippen LogP contribution in [0.5, 0.6) is 0 Å². The predicted molar refractivity (Wildman–Crippen MR) is 58.5 cm³/mol. The van der Waals surface area contributed by atoms with E-state index >= 15 is 0 Å². The minimum atomic E-state index is -0.0880. The summed E-state index contributed by atoms with van der Waals surface area (Å²) in [6.45, 7) is 1.26. The van der Waals surface area contributed by atoms with Gasteiger partial charge in [-0.25, -0.2) is 0 Å². The zero-order valence-electron chi connectivity index (χ0n) is 8.75. The van der Waals surface area contributed by atoms with Gasteiger partial charge in [0.2, 0.25) is 0 Å². The molecule has 0 aliphatic carbocycles. The molecule has 1 aromatic heterocycles. The molecular weight excluding hydrogens is 243 g/mol. The van der Waals surface area contributed by atoms with Gasteiger partial charge in [0.05, 0.1) is 19.3 Å². The molecule has 0 spiro atoms. The van der Waals surface area contributed by atoms with E-state index in [-0.39, 0.29) is 36.2 Å². The molecule has 0 atom stereocenters. The van der Waals surface area contributed by atoms with Gasteiger partial charge in [0.1, 0.15) is 5.69 Å². The molecule has 15 heavy (non-hydrogen) atoms. The normalized spacial score (nSPS) is 9.47. The number of rotatable bonds is 4. The van der Waals surface area contributed by atoms with Crippen LogP contribution >= 0.6 is 12.2 Å². The number of hydrogen-bond acceptors (Lipinski definition) is 5. The van der Waals surface area contributed by atoms with Crippen molar-refractivity contribution in [3.63, 3.8) is 0 Å². The van der Waals surface area contributed by atoms with E-state index in [4.69, 9.17) is 30.0 Å². The Kier molecular flexibility index (Phi) is 7.58. The van der Waals surface area contributed by atoms with E-state index < -0.39 is 0 Å². The molecule has 0 radical (unpaired) electrons. The van der Waals surface area contributed by atoms with Gasteiger partial charge in [-0.15, -0.1) is 5.10 Å². The largest absolute Gasteiger partial charge is 1.00 e. The average Bonchev–Trinajstić information content (AvgIpc) is 2.61. The third-order valence-electron chi connectivity index (χ3n) is 1.72. The van der Waals surface area contributed by atoms with Crippen molar-refractivity contribution in [1.82, 2.24) is 19.9 Å². The number of aliphatic hydroxyl groups excluding tert-OH is 1. The molecule has 1 N–H and O–H groups in total. The summed E-state index contributed by atoms with van der Waals surface area (Å²) in [5, 5.41) is 16.3. The Labute approximate surface area is 122 Å². The molecule has 78 valence electrons. The van der Waals surface area contributed by atoms with E-state index in [1.54, 1.807) is 15.8 Å². The molecule has 0 bridgehead atoms. The third-order valence-corrected chi connectivity index (χ3v) is 2.35. The van der Waals surface area contributed by atoms with E-state index in [2.05, 4.69) is 10.3 Å². The minimum absolute atomic E-state index is 0. The summed E-state index contributed by atoms with van der Waals surface area (Å²) < 4.78 is 2.09. The minimum Gasteiger partial charge on any atom is -0.411 e. The Bertz CT molecular complexity index is 320. The number of nitrogens with zero attached hydrogens (tertiary/aromatic N) is 4. The molecule has 0 unspecified atom stereocenters. The van der Waals surface area contributed by atoms with Gasteiger partial charge >= 0.3 is 29.6 Å². The molecule has 0 aliphatic rings. The maximum Gasteiger partial charge on any atom is 1.00 e. The summed E-state index contributed by atoms with van der Waals surface area (Å²) in [4.78, 5) is 1.78. The maximum absolute atomic E-state index is 8.75. The Hall–Kier alpha value is 0.210. The summed E-state index contributed by atoms with van der Waals surface area (Å²) in [5.41, 5.74) is 0.564. The quantitative estimate of drug-likeness (QED) is 0.342. The second kappa shape index (κ2) is 7.48. The summed E-state index contributed by atoms with van der Waals surface area (Å²) in [5.74, 6) is 0. The van der Waals surface area contributed by atoms with Crippen molar-refractivity contribution in [1.29, 1.82) is 0 Å². The molecule has 0 saturated heterocycles. The van der Waals surface area contributed by atoms with Gasteiger partial charge in [0, 0.05) is 13.6 Å². The van der Waals surface area contributed by atoms with Crippen molar-refractivity contribution in [3.05, 3.63) is 11.9 Å². The van der Waals surface area contributed by atoms with Gasteiger partial charge in [0.15, 0.2) is 0 Å². The Morgan fingerprint density at radius 1 is 1.73 bits per heavy atom. The van der Waals surface area contributed by atoms with Crippen molar-refractivity contribution in [2.75, 3.05) is 13.6 Å². The molecule has 1 aromatic rings. The first kappa shape index (κ1) is 15.2. The smallest absolute Gasteiger partial charge is 0.411 e. The van der Waals surface area contributed by atoms with Gasteiger partial charge in [-0.2, -0.15) is 0 Å². The second-order valence-electron chi connectivity index (χ2n) is 2.82. The molecular formula is C7H11N4NaOS2. The van der Waals surface area contributed by atoms with Crippen LogP contribution in [0.1, 0.15) is 5.69 Å². The van der Waals surface area contributed by atoms with Crippen LogP contribution in [0, 0.1) is 0 Å². The summed E-state index contributed by atoms with van der Waals surface area (Å²) in [6, 6.07) is 0. The number of likely N-dealkylation sites (N-methyl/N-ethyl adjacent to an activating group) is 1. The fraction of sp³-hybridized carbons (Fsp3) is 0.571. The van der Waals surface area contributed by atoms with E-state index in [1.807, 2.05) is 7.05 Å². The van der Waals surface area contributed by atoms with Gasteiger partial charge in [-0.3, -0.25) is 4.68 Å². The topological polar surface area (TPSA) is 54.2 Å². The van der Waals surface area contributed by atoms with Gasteiger partial charge in [-0.05, 0) is 0 Å². The molecule has 8 heteroatoms. The van der Waals surface area contributed by atoms with Crippen molar-refractivity contribution >= 4 is 29.2 Å². The third kappa shape index (κ3) is 5.19. The van der Waals surface area contributed by atoms with Gasteiger partial charge in [0.25, 0.3) is 0 Å².